The number of carbonyl (C=O) groups is 1. The number of hydrogen-bond acceptors (Lipinski definition) is 3. The first-order chi connectivity index (χ1) is 9.13. The highest BCUT2D eigenvalue weighted by Crippen LogP contribution is 2.28. The van der Waals surface area contributed by atoms with E-state index >= 15 is 0 Å². The molecule has 0 saturated carbocycles. The third-order valence-electron chi connectivity index (χ3n) is 4.08. The molecule has 4 nitrogen and oxygen atoms in total. The standard InChI is InChI=1S/C14H18FN3O/c15-10-4-9(5-11(16)6-10)8-18-3-1-2-12-13(18)7-17-14(12)19/h4-6,12-13H,1-3,7-8,16H2,(H,17,19). The number of carbonyl (C=O) groups excluding carboxylic acids is 1. The van der Waals surface area contributed by atoms with Crippen molar-refractivity contribution < 1.29 is 9.18 Å². The van der Waals surface area contributed by atoms with Gasteiger partial charge >= 0.3 is 0 Å². The molecule has 3 N–H and O–H groups in total. The van der Waals surface area contributed by atoms with Gasteiger partial charge in [0.2, 0.25) is 5.91 Å². The smallest absolute Gasteiger partial charge is 0.224 e. The molecule has 0 bridgehead atoms. The highest BCUT2D eigenvalue weighted by atomic mass is 19.1. The predicted molar refractivity (Wildman–Crippen MR) is 70.7 cm³/mol. The van der Waals surface area contributed by atoms with Crippen molar-refractivity contribution in [3.63, 3.8) is 0 Å². The van der Waals surface area contributed by atoms with E-state index < -0.39 is 0 Å². The summed E-state index contributed by atoms with van der Waals surface area (Å²) in [5, 5.41) is 2.92. The van der Waals surface area contributed by atoms with Gasteiger partial charge < -0.3 is 11.1 Å². The van der Waals surface area contributed by atoms with E-state index in [9.17, 15) is 9.18 Å². The van der Waals surface area contributed by atoms with Crippen molar-refractivity contribution in [2.24, 2.45) is 5.92 Å². The first kappa shape index (κ1) is 12.4. The van der Waals surface area contributed by atoms with Gasteiger partial charge in [-0.1, -0.05) is 0 Å². The van der Waals surface area contributed by atoms with Crippen LogP contribution in [0.3, 0.4) is 0 Å². The van der Waals surface area contributed by atoms with Crippen molar-refractivity contribution in [2.75, 3.05) is 18.8 Å². The van der Waals surface area contributed by atoms with Crippen LogP contribution >= 0.6 is 0 Å². The molecular weight excluding hydrogens is 245 g/mol. The Bertz CT molecular complexity index is 485. The average molecular weight is 263 g/mol. The van der Waals surface area contributed by atoms with Crippen molar-refractivity contribution in [1.82, 2.24) is 10.2 Å². The molecule has 2 unspecified atom stereocenters. The molecule has 1 aromatic rings. The number of benzene rings is 1. The summed E-state index contributed by atoms with van der Waals surface area (Å²) in [5.41, 5.74) is 6.99. The van der Waals surface area contributed by atoms with Gasteiger partial charge in [-0.2, -0.15) is 0 Å². The van der Waals surface area contributed by atoms with E-state index in [1.54, 1.807) is 6.07 Å². The van der Waals surface area contributed by atoms with Crippen molar-refractivity contribution in [1.29, 1.82) is 0 Å². The highest BCUT2D eigenvalue weighted by Gasteiger charge is 2.40. The average Bonchev–Trinajstić information content (AvgIpc) is 2.71. The Morgan fingerprint density at radius 3 is 3.05 bits per heavy atom. The Balaban J connectivity index is 1.77. The fourth-order valence-electron chi connectivity index (χ4n) is 3.24. The van der Waals surface area contributed by atoms with Crippen molar-refractivity contribution >= 4 is 11.6 Å². The molecule has 1 aromatic carbocycles. The van der Waals surface area contributed by atoms with Gasteiger partial charge in [0.1, 0.15) is 5.82 Å². The van der Waals surface area contributed by atoms with Crippen LogP contribution in [0.4, 0.5) is 10.1 Å². The molecule has 2 aliphatic rings. The number of piperidine rings is 1. The molecule has 5 heteroatoms. The second-order valence-electron chi connectivity index (χ2n) is 5.42. The van der Waals surface area contributed by atoms with Crippen molar-refractivity contribution in [2.45, 2.75) is 25.4 Å². The minimum Gasteiger partial charge on any atom is -0.399 e. The molecule has 2 fully saturated rings. The van der Waals surface area contributed by atoms with Crippen molar-refractivity contribution in [3.05, 3.63) is 29.6 Å². The van der Waals surface area contributed by atoms with Gasteiger partial charge in [-0.25, -0.2) is 4.39 Å². The summed E-state index contributed by atoms with van der Waals surface area (Å²) in [6.45, 7) is 2.30. The number of nitrogens with zero attached hydrogens (tertiary/aromatic N) is 1. The molecule has 0 radical (unpaired) electrons. The van der Waals surface area contributed by atoms with Crippen LogP contribution in [-0.4, -0.2) is 29.9 Å². The molecule has 0 aromatic heterocycles. The summed E-state index contributed by atoms with van der Waals surface area (Å²) < 4.78 is 13.3. The number of nitrogen functional groups attached to an aromatic ring is 1. The van der Waals surface area contributed by atoms with Crippen LogP contribution in [0.15, 0.2) is 18.2 Å². The minimum absolute atomic E-state index is 0.0969. The van der Waals surface area contributed by atoms with Gasteiger partial charge in [0.15, 0.2) is 0 Å². The number of nitrogens with one attached hydrogen (secondary N) is 1. The quantitative estimate of drug-likeness (QED) is 0.786. The molecule has 2 aliphatic heterocycles. The van der Waals surface area contributed by atoms with E-state index in [4.69, 9.17) is 5.73 Å². The van der Waals surface area contributed by atoms with E-state index in [1.807, 2.05) is 0 Å². The summed E-state index contributed by atoms with van der Waals surface area (Å²) >= 11 is 0. The summed E-state index contributed by atoms with van der Waals surface area (Å²) in [6.07, 6.45) is 1.97. The summed E-state index contributed by atoms with van der Waals surface area (Å²) in [5.74, 6) is -0.0442. The predicted octanol–water partition coefficient (Wildman–Crippen LogP) is 1.12. The molecule has 2 heterocycles. The molecule has 0 spiro atoms. The fraction of sp³-hybridized carbons (Fsp3) is 0.500. The van der Waals surface area contributed by atoms with Crippen LogP contribution in [0.1, 0.15) is 18.4 Å². The van der Waals surface area contributed by atoms with Gasteiger partial charge in [-0.15, -0.1) is 0 Å². The Hall–Kier alpha value is -1.62. The Morgan fingerprint density at radius 1 is 1.42 bits per heavy atom. The van der Waals surface area contributed by atoms with Gasteiger partial charge in [0.05, 0.1) is 5.92 Å². The number of amides is 1. The highest BCUT2D eigenvalue weighted by molar-refractivity contribution is 5.82. The van der Waals surface area contributed by atoms with E-state index in [0.717, 1.165) is 24.9 Å². The summed E-state index contributed by atoms with van der Waals surface area (Å²) in [6, 6.07) is 4.88. The molecule has 2 saturated heterocycles. The van der Waals surface area contributed by atoms with Gasteiger partial charge in [0.25, 0.3) is 0 Å². The SMILES string of the molecule is Nc1cc(F)cc(CN2CCCC3C(=O)NCC32)c1. The lowest BCUT2D eigenvalue weighted by Crippen LogP contribution is -2.44. The van der Waals surface area contributed by atoms with Crippen LogP contribution < -0.4 is 11.1 Å². The van der Waals surface area contributed by atoms with Crippen LogP contribution in [0.5, 0.6) is 0 Å². The van der Waals surface area contributed by atoms with E-state index in [-0.39, 0.29) is 23.7 Å². The normalized spacial score (nSPS) is 27.1. The maximum Gasteiger partial charge on any atom is 0.224 e. The Morgan fingerprint density at radius 2 is 2.26 bits per heavy atom. The van der Waals surface area contributed by atoms with Gasteiger partial charge in [0, 0.05) is 24.8 Å². The fourth-order valence-corrected chi connectivity index (χ4v) is 3.24. The topological polar surface area (TPSA) is 58.4 Å². The second kappa shape index (κ2) is 4.81. The van der Waals surface area contributed by atoms with Crippen LogP contribution in [-0.2, 0) is 11.3 Å². The largest absolute Gasteiger partial charge is 0.399 e. The lowest BCUT2D eigenvalue weighted by Gasteiger charge is -2.35. The van der Waals surface area contributed by atoms with Gasteiger partial charge in [-0.3, -0.25) is 9.69 Å². The summed E-state index contributed by atoms with van der Waals surface area (Å²) in [4.78, 5) is 14.0. The zero-order valence-corrected chi connectivity index (χ0v) is 10.7. The Labute approximate surface area is 111 Å². The number of likely N-dealkylation sites (tertiary alicyclic amines) is 1. The molecule has 19 heavy (non-hydrogen) atoms. The molecule has 3 rings (SSSR count). The molecule has 1 amide bonds. The zero-order valence-electron chi connectivity index (χ0n) is 10.7. The number of halogens is 1. The van der Waals surface area contributed by atoms with Crippen molar-refractivity contribution in [3.8, 4) is 0 Å². The zero-order chi connectivity index (χ0) is 13.4. The number of hydrogen-bond donors (Lipinski definition) is 2. The van der Waals surface area contributed by atoms with E-state index in [1.165, 1.54) is 12.1 Å². The third kappa shape index (κ3) is 2.42. The number of rotatable bonds is 2. The van der Waals surface area contributed by atoms with E-state index in [0.29, 0.717) is 18.8 Å². The maximum atomic E-state index is 13.3. The number of nitrogens with two attached hydrogens (primary N) is 1. The number of fused-ring (bicyclic) bond motifs is 1. The lowest BCUT2D eigenvalue weighted by atomic mass is 9.91. The van der Waals surface area contributed by atoms with E-state index in [2.05, 4.69) is 10.2 Å². The van der Waals surface area contributed by atoms with Crippen LogP contribution in [0.2, 0.25) is 0 Å². The third-order valence-corrected chi connectivity index (χ3v) is 4.08. The second-order valence-corrected chi connectivity index (χ2v) is 5.42. The molecule has 102 valence electrons. The van der Waals surface area contributed by atoms with Crippen LogP contribution in [0.25, 0.3) is 0 Å². The lowest BCUT2D eigenvalue weighted by molar-refractivity contribution is -0.124. The van der Waals surface area contributed by atoms with Gasteiger partial charge in [-0.05, 0) is 43.1 Å². The molecule has 2 atom stereocenters. The Kier molecular flexibility index (Phi) is 3.14. The monoisotopic (exact) mass is 263 g/mol. The maximum absolute atomic E-state index is 13.3. The molecule has 0 aliphatic carbocycles. The first-order valence-electron chi connectivity index (χ1n) is 6.70. The van der Waals surface area contributed by atoms with Crippen LogP contribution in [0, 0.1) is 11.7 Å². The summed E-state index contributed by atoms with van der Waals surface area (Å²) in [7, 11) is 0. The number of anilines is 1. The molecular formula is C14H18FN3O. The minimum atomic E-state index is -0.302. The first-order valence-corrected chi connectivity index (χ1v) is 6.70.